The number of hydrogen-bond acceptors (Lipinski definition) is 5. The Balaban J connectivity index is 1.46. The Labute approximate surface area is 197 Å². The van der Waals surface area contributed by atoms with Crippen molar-refractivity contribution in [3.05, 3.63) is 70.8 Å². The number of aromatic nitrogens is 2. The molecule has 0 radical (unpaired) electrons. The molecule has 2 aromatic carbocycles. The van der Waals surface area contributed by atoms with Crippen LogP contribution in [0.25, 0.3) is 5.69 Å². The molecule has 1 amide bonds. The SMILES string of the molecule is Cc1ccc(S(=O)(=O)N2CCOCC2)cc1NC(=O)c1nn(-c2ccccc2F)c2c1CCC2. The number of para-hydroxylation sites is 1. The summed E-state index contributed by atoms with van der Waals surface area (Å²) in [6.45, 7) is 3.08. The zero-order chi connectivity index (χ0) is 23.9. The van der Waals surface area contributed by atoms with Crippen LogP contribution in [0.5, 0.6) is 0 Å². The predicted octanol–water partition coefficient (Wildman–Crippen LogP) is 3.08. The lowest BCUT2D eigenvalue weighted by Crippen LogP contribution is -2.40. The van der Waals surface area contributed by atoms with E-state index in [1.54, 1.807) is 37.3 Å². The molecule has 2 aliphatic rings. The van der Waals surface area contributed by atoms with Crippen LogP contribution in [0.15, 0.2) is 47.4 Å². The summed E-state index contributed by atoms with van der Waals surface area (Å²) in [7, 11) is -3.71. The van der Waals surface area contributed by atoms with E-state index in [1.807, 2.05) is 0 Å². The number of rotatable bonds is 5. The average Bonchev–Trinajstić information content (AvgIpc) is 3.44. The molecular weight excluding hydrogens is 459 g/mol. The van der Waals surface area contributed by atoms with Crippen LogP contribution in [0.4, 0.5) is 10.1 Å². The minimum Gasteiger partial charge on any atom is -0.379 e. The number of anilines is 1. The van der Waals surface area contributed by atoms with Crippen LogP contribution in [0.1, 0.15) is 33.7 Å². The fourth-order valence-electron chi connectivity index (χ4n) is 4.46. The first kappa shape index (κ1) is 22.7. The Morgan fingerprint density at radius 3 is 2.65 bits per heavy atom. The van der Waals surface area contributed by atoms with Crippen LogP contribution >= 0.6 is 0 Å². The second-order valence-corrected chi connectivity index (χ2v) is 10.4. The summed E-state index contributed by atoms with van der Waals surface area (Å²) in [6.07, 6.45) is 2.24. The highest BCUT2D eigenvalue weighted by Gasteiger charge is 2.29. The van der Waals surface area contributed by atoms with Gasteiger partial charge in [0.2, 0.25) is 10.0 Å². The number of nitrogens with zero attached hydrogens (tertiary/aromatic N) is 3. The Kier molecular flexibility index (Phi) is 5.97. The van der Waals surface area contributed by atoms with E-state index in [-0.39, 0.29) is 23.7 Å². The van der Waals surface area contributed by atoms with Gasteiger partial charge in [-0.05, 0) is 56.0 Å². The molecular formula is C24H25FN4O4S. The maximum atomic E-state index is 14.4. The van der Waals surface area contributed by atoms with Crippen LogP contribution in [-0.2, 0) is 27.6 Å². The molecule has 3 aromatic rings. The number of halogens is 1. The first-order valence-electron chi connectivity index (χ1n) is 11.2. The molecule has 8 nitrogen and oxygen atoms in total. The van der Waals surface area contributed by atoms with Crippen molar-refractivity contribution in [2.45, 2.75) is 31.1 Å². The van der Waals surface area contributed by atoms with Crippen LogP contribution in [0, 0.1) is 12.7 Å². The fourth-order valence-corrected chi connectivity index (χ4v) is 5.89. The molecule has 34 heavy (non-hydrogen) atoms. The Bertz CT molecular complexity index is 1360. The van der Waals surface area contributed by atoms with Gasteiger partial charge in [0.25, 0.3) is 5.91 Å². The standard InChI is InChI=1S/C24H25FN4O4S/c1-16-9-10-17(34(31,32)28-11-13-33-14-12-28)15-20(16)26-24(30)23-18-5-4-8-21(18)29(27-23)22-7-3-2-6-19(22)25/h2-3,6-7,9-10,15H,4-5,8,11-14H2,1H3,(H,26,30). The molecule has 10 heteroatoms. The summed E-state index contributed by atoms with van der Waals surface area (Å²) in [6, 6.07) is 11.0. The van der Waals surface area contributed by atoms with Gasteiger partial charge in [0.15, 0.2) is 5.69 Å². The molecule has 1 N–H and O–H groups in total. The lowest BCUT2D eigenvalue weighted by molar-refractivity contribution is 0.0730. The molecule has 0 bridgehead atoms. The van der Waals surface area contributed by atoms with Gasteiger partial charge in [-0.1, -0.05) is 18.2 Å². The maximum absolute atomic E-state index is 14.4. The molecule has 1 aromatic heterocycles. The van der Waals surface area contributed by atoms with E-state index in [9.17, 15) is 17.6 Å². The van der Waals surface area contributed by atoms with E-state index in [4.69, 9.17) is 4.74 Å². The Morgan fingerprint density at radius 1 is 1.12 bits per heavy atom. The highest BCUT2D eigenvalue weighted by molar-refractivity contribution is 7.89. The Morgan fingerprint density at radius 2 is 1.88 bits per heavy atom. The highest BCUT2D eigenvalue weighted by Crippen LogP contribution is 2.30. The van der Waals surface area contributed by atoms with Crippen LogP contribution in [-0.4, -0.2) is 54.7 Å². The normalized spacial score (nSPS) is 16.4. The summed E-state index contributed by atoms with van der Waals surface area (Å²) in [5, 5.41) is 7.29. The molecule has 5 rings (SSSR count). The molecule has 1 aliphatic carbocycles. The number of benzene rings is 2. The van der Waals surface area contributed by atoms with Crippen LogP contribution < -0.4 is 5.32 Å². The van der Waals surface area contributed by atoms with Crippen molar-refractivity contribution in [2.75, 3.05) is 31.6 Å². The average molecular weight is 485 g/mol. The monoisotopic (exact) mass is 484 g/mol. The fraction of sp³-hybridized carbons (Fsp3) is 0.333. The van der Waals surface area contributed by atoms with E-state index >= 15 is 0 Å². The maximum Gasteiger partial charge on any atom is 0.276 e. The lowest BCUT2D eigenvalue weighted by Gasteiger charge is -2.26. The number of nitrogens with one attached hydrogen (secondary N) is 1. The van der Waals surface area contributed by atoms with Gasteiger partial charge >= 0.3 is 0 Å². The molecule has 1 saturated heterocycles. The number of fused-ring (bicyclic) bond motifs is 1. The third-order valence-corrected chi connectivity index (χ3v) is 8.19. The van der Waals surface area contributed by atoms with Crippen molar-refractivity contribution >= 4 is 21.6 Å². The first-order chi connectivity index (χ1) is 16.4. The number of sulfonamides is 1. The summed E-state index contributed by atoms with van der Waals surface area (Å²) in [5.41, 5.74) is 3.28. The zero-order valence-corrected chi connectivity index (χ0v) is 19.6. The molecule has 1 fully saturated rings. The summed E-state index contributed by atoms with van der Waals surface area (Å²) in [5.74, 6) is -0.860. The van der Waals surface area contributed by atoms with Gasteiger partial charge in [0.1, 0.15) is 11.5 Å². The predicted molar refractivity (Wildman–Crippen MR) is 124 cm³/mol. The number of carbonyl (C=O) groups is 1. The molecule has 1 aliphatic heterocycles. The van der Waals surface area contributed by atoms with Crippen molar-refractivity contribution in [1.82, 2.24) is 14.1 Å². The topological polar surface area (TPSA) is 93.5 Å². The molecule has 0 atom stereocenters. The minimum absolute atomic E-state index is 0.109. The van der Waals surface area contributed by atoms with Gasteiger partial charge in [0.05, 0.1) is 18.1 Å². The van der Waals surface area contributed by atoms with Gasteiger partial charge < -0.3 is 10.1 Å². The summed E-state index contributed by atoms with van der Waals surface area (Å²) in [4.78, 5) is 13.4. The quantitative estimate of drug-likeness (QED) is 0.601. The van der Waals surface area contributed by atoms with Gasteiger partial charge in [-0.2, -0.15) is 9.40 Å². The second kappa shape index (κ2) is 8.94. The summed E-state index contributed by atoms with van der Waals surface area (Å²) < 4.78 is 48.7. The third-order valence-electron chi connectivity index (χ3n) is 6.29. The number of hydrogen-bond donors (Lipinski definition) is 1. The molecule has 2 heterocycles. The van der Waals surface area contributed by atoms with Crippen molar-refractivity contribution in [3.8, 4) is 5.69 Å². The minimum atomic E-state index is -3.71. The zero-order valence-electron chi connectivity index (χ0n) is 18.8. The molecule has 178 valence electrons. The van der Waals surface area contributed by atoms with E-state index in [0.717, 1.165) is 23.2 Å². The van der Waals surface area contributed by atoms with Crippen molar-refractivity contribution in [1.29, 1.82) is 0 Å². The smallest absolute Gasteiger partial charge is 0.276 e. The summed E-state index contributed by atoms with van der Waals surface area (Å²) >= 11 is 0. The van der Waals surface area contributed by atoms with E-state index in [0.29, 0.717) is 37.4 Å². The van der Waals surface area contributed by atoms with Gasteiger partial charge in [0, 0.05) is 30.0 Å². The molecule has 0 saturated carbocycles. The molecule has 0 spiro atoms. The van der Waals surface area contributed by atoms with Crippen LogP contribution in [0.2, 0.25) is 0 Å². The lowest BCUT2D eigenvalue weighted by atomic mass is 10.1. The van der Waals surface area contributed by atoms with Gasteiger partial charge in [-0.15, -0.1) is 0 Å². The van der Waals surface area contributed by atoms with Gasteiger partial charge in [-0.25, -0.2) is 17.5 Å². The largest absolute Gasteiger partial charge is 0.379 e. The van der Waals surface area contributed by atoms with Crippen molar-refractivity contribution in [3.63, 3.8) is 0 Å². The van der Waals surface area contributed by atoms with Crippen LogP contribution in [0.3, 0.4) is 0 Å². The number of morpholine rings is 1. The molecule has 0 unspecified atom stereocenters. The van der Waals surface area contributed by atoms with E-state index in [1.165, 1.54) is 21.1 Å². The van der Waals surface area contributed by atoms with E-state index in [2.05, 4.69) is 10.4 Å². The third kappa shape index (κ3) is 4.02. The second-order valence-electron chi connectivity index (χ2n) is 8.44. The van der Waals surface area contributed by atoms with Gasteiger partial charge in [-0.3, -0.25) is 4.79 Å². The Hall–Kier alpha value is -3.08. The number of amides is 1. The van der Waals surface area contributed by atoms with Crippen molar-refractivity contribution < 1.29 is 22.3 Å². The van der Waals surface area contributed by atoms with E-state index < -0.39 is 21.7 Å². The highest BCUT2D eigenvalue weighted by atomic mass is 32.2. The van der Waals surface area contributed by atoms with Crippen molar-refractivity contribution in [2.24, 2.45) is 0 Å². The number of ether oxygens (including phenoxy) is 1. The number of aryl methyl sites for hydroxylation is 1. The first-order valence-corrected chi connectivity index (χ1v) is 12.7. The number of carbonyl (C=O) groups excluding carboxylic acids is 1.